The zero-order chi connectivity index (χ0) is 14.3. The number of hydrogen-bond acceptors (Lipinski definition) is 4. The lowest BCUT2D eigenvalue weighted by atomic mass is 10.1. The van der Waals surface area contributed by atoms with Crippen molar-refractivity contribution in [2.24, 2.45) is 0 Å². The predicted octanol–water partition coefficient (Wildman–Crippen LogP) is 1.42. The van der Waals surface area contributed by atoms with Crippen molar-refractivity contribution in [3.8, 4) is 6.07 Å². The summed E-state index contributed by atoms with van der Waals surface area (Å²) in [6.45, 7) is 1.16. The molecule has 1 aliphatic heterocycles. The lowest BCUT2D eigenvalue weighted by Gasteiger charge is -2.41. The van der Waals surface area contributed by atoms with E-state index in [2.05, 4.69) is 32.4 Å². The first-order chi connectivity index (χ1) is 9.58. The number of carbonyl (C=O) groups is 1. The number of nitriles is 1. The van der Waals surface area contributed by atoms with Crippen LogP contribution in [0.25, 0.3) is 5.52 Å². The van der Waals surface area contributed by atoms with Gasteiger partial charge in [0.05, 0.1) is 23.5 Å². The van der Waals surface area contributed by atoms with E-state index in [0.29, 0.717) is 18.7 Å². The first kappa shape index (κ1) is 12.7. The highest BCUT2D eigenvalue weighted by atomic mass is 79.9. The average molecular weight is 336 g/mol. The maximum Gasteiger partial charge on any atom is 0.405 e. The Morgan fingerprint density at radius 3 is 3.00 bits per heavy atom. The summed E-state index contributed by atoms with van der Waals surface area (Å²) >= 11 is 3.41. The van der Waals surface area contributed by atoms with Gasteiger partial charge >= 0.3 is 6.09 Å². The van der Waals surface area contributed by atoms with Crippen LogP contribution in [0.15, 0.2) is 22.9 Å². The molecule has 0 aromatic carbocycles. The fourth-order valence-electron chi connectivity index (χ4n) is 2.33. The van der Waals surface area contributed by atoms with Crippen LogP contribution in [0.5, 0.6) is 0 Å². The topological polar surface area (TPSA) is 93.7 Å². The summed E-state index contributed by atoms with van der Waals surface area (Å²) in [5.74, 6) is 0. The van der Waals surface area contributed by atoms with Crippen molar-refractivity contribution in [2.75, 3.05) is 18.0 Å². The van der Waals surface area contributed by atoms with E-state index in [1.807, 2.05) is 11.0 Å². The zero-order valence-electron chi connectivity index (χ0n) is 10.2. The van der Waals surface area contributed by atoms with Crippen LogP contribution in [0, 0.1) is 11.3 Å². The largest absolute Gasteiger partial charge is 0.465 e. The van der Waals surface area contributed by atoms with Gasteiger partial charge in [0.15, 0.2) is 0 Å². The summed E-state index contributed by atoms with van der Waals surface area (Å²) in [4.78, 5) is 12.6. The molecular formula is C12H10BrN5O2. The summed E-state index contributed by atoms with van der Waals surface area (Å²) < 4.78 is 2.50. The molecule has 1 saturated heterocycles. The Bertz CT molecular complexity index is 729. The third kappa shape index (κ3) is 2.06. The maximum atomic E-state index is 10.6. The standard InChI is InChI=1S/C12H10BrN5O2/c13-8-1-10(17-5-9(6-17)16-12(19)20)11-7(2-14)3-15-18(11)4-8/h1,3-4,9,16H,5-6H2,(H,19,20). The molecule has 1 aliphatic rings. The number of hydrogen-bond donors (Lipinski definition) is 2. The summed E-state index contributed by atoms with van der Waals surface area (Å²) in [7, 11) is 0. The Balaban J connectivity index is 1.94. The van der Waals surface area contributed by atoms with Gasteiger partial charge < -0.3 is 15.3 Å². The predicted molar refractivity (Wildman–Crippen MR) is 74.8 cm³/mol. The van der Waals surface area contributed by atoms with Gasteiger partial charge in [0.1, 0.15) is 11.6 Å². The molecule has 0 atom stereocenters. The fraction of sp³-hybridized carbons (Fsp3) is 0.250. The van der Waals surface area contributed by atoms with Gasteiger partial charge in [0, 0.05) is 23.8 Å². The van der Waals surface area contributed by atoms with E-state index in [1.54, 1.807) is 10.7 Å². The number of anilines is 1. The van der Waals surface area contributed by atoms with Crippen molar-refractivity contribution in [1.29, 1.82) is 5.26 Å². The molecule has 1 fully saturated rings. The highest BCUT2D eigenvalue weighted by Gasteiger charge is 2.30. The van der Waals surface area contributed by atoms with Crippen LogP contribution in [0.2, 0.25) is 0 Å². The van der Waals surface area contributed by atoms with Gasteiger partial charge in [-0.25, -0.2) is 9.31 Å². The minimum Gasteiger partial charge on any atom is -0.465 e. The van der Waals surface area contributed by atoms with Crippen molar-refractivity contribution in [1.82, 2.24) is 14.9 Å². The summed E-state index contributed by atoms with van der Waals surface area (Å²) in [5, 5.41) is 24.4. The normalized spacial score (nSPS) is 14.9. The second-order valence-corrected chi connectivity index (χ2v) is 5.47. The molecule has 102 valence electrons. The van der Waals surface area contributed by atoms with E-state index >= 15 is 0 Å². The number of rotatable bonds is 2. The van der Waals surface area contributed by atoms with Gasteiger partial charge in [-0.05, 0) is 22.0 Å². The van der Waals surface area contributed by atoms with Crippen LogP contribution in [0.3, 0.4) is 0 Å². The number of fused-ring (bicyclic) bond motifs is 1. The average Bonchev–Trinajstić information content (AvgIpc) is 2.74. The van der Waals surface area contributed by atoms with E-state index in [4.69, 9.17) is 10.4 Å². The second-order valence-electron chi connectivity index (χ2n) is 4.56. The fourth-order valence-corrected chi connectivity index (χ4v) is 2.74. The number of aromatic nitrogens is 2. The molecule has 1 amide bonds. The molecule has 0 bridgehead atoms. The third-order valence-electron chi connectivity index (χ3n) is 3.23. The molecule has 0 aliphatic carbocycles. The molecule has 0 radical (unpaired) electrons. The van der Waals surface area contributed by atoms with Gasteiger partial charge in [-0.1, -0.05) is 0 Å². The number of nitrogens with one attached hydrogen (secondary N) is 1. The summed E-state index contributed by atoms with van der Waals surface area (Å²) in [5.41, 5.74) is 2.11. The van der Waals surface area contributed by atoms with Crippen LogP contribution >= 0.6 is 15.9 Å². The molecule has 2 aromatic rings. The Hall–Kier alpha value is -2.27. The van der Waals surface area contributed by atoms with Crippen molar-refractivity contribution in [3.05, 3.63) is 28.5 Å². The van der Waals surface area contributed by atoms with Crippen molar-refractivity contribution < 1.29 is 9.90 Å². The Morgan fingerprint density at radius 2 is 2.35 bits per heavy atom. The van der Waals surface area contributed by atoms with Gasteiger partial charge in [-0.2, -0.15) is 10.4 Å². The highest BCUT2D eigenvalue weighted by Crippen LogP contribution is 2.31. The third-order valence-corrected chi connectivity index (χ3v) is 3.66. The maximum absolute atomic E-state index is 10.6. The van der Waals surface area contributed by atoms with E-state index in [9.17, 15) is 4.79 Å². The molecule has 0 unspecified atom stereocenters. The molecular weight excluding hydrogens is 326 g/mol. The smallest absolute Gasteiger partial charge is 0.405 e. The second kappa shape index (κ2) is 4.68. The molecule has 8 heteroatoms. The molecule has 3 rings (SSSR count). The van der Waals surface area contributed by atoms with Crippen molar-refractivity contribution in [3.63, 3.8) is 0 Å². The van der Waals surface area contributed by atoms with Crippen molar-refractivity contribution >= 4 is 33.2 Å². The van der Waals surface area contributed by atoms with Crippen molar-refractivity contribution in [2.45, 2.75) is 6.04 Å². The monoisotopic (exact) mass is 335 g/mol. The molecule has 0 spiro atoms. The lowest BCUT2D eigenvalue weighted by Crippen LogP contribution is -2.59. The molecule has 2 aromatic heterocycles. The molecule has 0 saturated carbocycles. The van der Waals surface area contributed by atoms with E-state index < -0.39 is 6.09 Å². The van der Waals surface area contributed by atoms with Crippen LogP contribution in [0.4, 0.5) is 10.5 Å². The first-order valence-electron chi connectivity index (χ1n) is 5.90. The first-order valence-corrected chi connectivity index (χ1v) is 6.69. The SMILES string of the molecule is N#Cc1cnn2cc(Br)cc(N3CC(NC(=O)O)C3)c12. The summed E-state index contributed by atoms with van der Waals surface area (Å²) in [6.07, 6.45) is 2.29. The zero-order valence-corrected chi connectivity index (χ0v) is 11.8. The molecule has 7 nitrogen and oxygen atoms in total. The lowest BCUT2D eigenvalue weighted by molar-refractivity contribution is 0.187. The number of nitrogens with zero attached hydrogens (tertiary/aromatic N) is 4. The summed E-state index contributed by atoms with van der Waals surface area (Å²) in [6, 6.07) is 3.95. The van der Waals surface area contributed by atoms with E-state index in [1.165, 1.54) is 6.20 Å². The Kier molecular flexibility index (Phi) is 2.99. The van der Waals surface area contributed by atoms with Gasteiger partial charge in [0.25, 0.3) is 0 Å². The van der Waals surface area contributed by atoms with Crippen LogP contribution in [-0.2, 0) is 0 Å². The van der Waals surface area contributed by atoms with E-state index in [-0.39, 0.29) is 6.04 Å². The van der Waals surface area contributed by atoms with Crippen LogP contribution < -0.4 is 10.2 Å². The van der Waals surface area contributed by atoms with Gasteiger partial charge in [-0.15, -0.1) is 0 Å². The van der Waals surface area contributed by atoms with Crippen LogP contribution in [0.1, 0.15) is 5.56 Å². The minimum absolute atomic E-state index is 0.0833. The minimum atomic E-state index is -1.02. The molecule has 3 heterocycles. The van der Waals surface area contributed by atoms with E-state index in [0.717, 1.165) is 15.7 Å². The Labute approximate surface area is 122 Å². The highest BCUT2D eigenvalue weighted by molar-refractivity contribution is 9.10. The quantitative estimate of drug-likeness (QED) is 0.865. The number of pyridine rings is 1. The van der Waals surface area contributed by atoms with Gasteiger partial charge in [0.2, 0.25) is 0 Å². The van der Waals surface area contributed by atoms with Crippen LogP contribution in [-0.4, -0.2) is 39.9 Å². The number of halogens is 1. The number of carboxylic acid groups (broad SMARTS) is 1. The molecule has 20 heavy (non-hydrogen) atoms. The Morgan fingerprint density at radius 1 is 1.60 bits per heavy atom. The van der Waals surface area contributed by atoms with Gasteiger partial charge in [-0.3, -0.25) is 0 Å². The number of amides is 1. The molecule has 2 N–H and O–H groups in total.